The fourth-order valence-electron chi connectivity index (χ4n) is 4.20. The first-order valence-corrected chi connectivity index (χ1v) is 12.4. The van der Waals surface area contributed by atoms with E-state index in [-0.39, 0.29) is 0 Å². The van der Waals surface area contributed by atoms with Crippen LogP contribution in [0.5, 0.6) is 5.75 Å². The van der Waals surface area contributed by atoms with Crippen LogP contribution in [-0.2, 0) is 0 Å². The predicted octanol–water partition coefficient (Wildman–Crippen LogP) is 5.80. The molecule has 1 aliphatic carbocycles. The van der Waals surface area contributed by atoms with Gasteiger partial charge in [0.15, 0.2) is 0 Å². The van der Waals surface area contributed by atoms with Crippen molar-refractivity contribution in [3.63, 3.8) is 0 Å². The Morgan fingerprint density at radius 1 is 1.04 bits per heavy atom. The minimum absolute atomic E-state index is 0.614. The van der Waals surface area contributed by atoms with E-state index in [1.807, 2.05) is 12.1 Å². The van der Waals surface area contributed by atoms with E-state index in [0.29, 0.717) is 29.5 Å². The molecule has 1 aliphatic heterocycles. The fourth-order valence-corrected chi connectivity index (χ4v) is 6.69. The van der Waals surface area contributed by atoms with Crippen molar-refractivity contribution in [1.82, 2.24) is 0 Å². The Morgan fingerprint density at radius 2 is 1.62 bits per heavy atom. The lowest BCUT2D eigenvalue weighted by molar-refractivity contribution is 0.147. The number of benzene rings is 1. The molecule has 0 aromatic heterocycles. The highest BCUT2D eigenvalue weighted by atomic mass is 35.6. The molecule has 0 spiro atoms. The maximum absolute atomic E-state index is 13.9. The average molecular weight is 366 g/mol. The van der Waals surface area contributed by atoms with Crippen molar-refractivity contribution in [2.24, 2.45) is 17.8 Å². The van der Waals surface area contributed by atoms with Crippen LogP contribution in [-0.4, -0.2) is 14.3 Å². The molecule has 5 heteroatoms. The van der Waals surface area contributed by atoms with Crippen LogP contribution < -0.4 is 4.74 Å². The molecule has 1 saturated carbocycles. The highest BCUT2D eigenvalue weighted by molar-refractivity contribution is 7.16. The summed E-state index contributed by atoms with van der Waals surface area (Å²) in [6.07, 6.45) is 6.91. The maximum atomic E-state index is 13.9. The lowest BCUT2D eigenvalue weighted by Crippen LogP contribution is -2.32. The molecule has 0 radical (unpaired) electrons. The van der Waals surface area contributed by atoms with Gasteiger partial charge in [0.2, 0.25) is 0 Å². The molecule has 0 bridgehead atoms. The Balaban J connectivity index is 1.40. The smallest absolute Gasteiger partial charge is 0.339 e. The molecule has 2 fully saturated rings. The van der Waals surface area contributed by atoms with E-state index in [1.54, 1.807) is 12.1 Å². The van der Waals surface area contributed by atoms with Crippen molar-refractivity contribution in [1.29, 1.82) is 5.26 Å². The topological polar surface area (TPSA) is 33.0 Å². The van der Waals surface area contributed by atoms with Crippen molar-refractivity contribution >= 4 is 18.8 Å². The van der Waals surface area contributed by atoms with Gasteiger partial charge in [-0.1, -0.05) is 0 Å². The van der Waals surface area contributed by atoms with Crippen molar-refractivity contribution in [3.8, 4) is 11.8 Å². The van der Waals surface area contributed by atoms with Gasteiger partial charge in [-0.2, -0.15) is 5.26 Å². The second-order valence-electron chi connectivity index (χ2n) is 7.42. The second kappa shape index (κ2) is 7.88. The minimum atomic E-state index is -2.83. The summed E-state index contributed by atoms with van der Waals surface area (Å²) in [6, 6.07) is 10.7. The van der Waals surface area contributed by atoms with Gasteiger partial charge in [-0.3, -0.25) is 4.11 Å². The van der Waals surface area contributed by atoms with Gasteiger partial charge in [0.25, 0.3) is 0 Å². The first-order chi connectivity index (χ1) is 11.6. The summed E-state index contributed by atoms with van der Waals surface area (Å²) in [5.74, 6) is 2.91. The van der Waals surface area contributed by atoms with Crippen LogP contribution in [0.3, 0.4) is 0 Å². The van der Waals surface area contributed by atoms with E-state index in [1.165, 1.54) is 25.7 Å². The van der Waals surface area contributed by atoms with E-state index < -0.39 is 7.72 Å². The van der Waals surface area contributed by atoms with Crippen LogP contribution in [0.2, 0.25) is 12.1 Å². The Labute approximate surface area is 149 Å². The number of nitriles is 1. The van der Waals surface area contributed by atoms with Crippen LogP contribution in [0.25, 0.3) is 0 Å². The SMILES string of the molecule is N#Cc1ccc(OC[C@H]2CC[C@H](C3CC[Si](F)(Cl)CC3)CC2)cc1. The van der Waals surface area contributed by atoms with Gasteiger partial charge in [-0.25, -0.2) is 0 Å². The maximum Gasteiger partial charge on any atom is 0.339 e. The zero-order valence-electron chi connectivity index (χ0n) is 14.0. The summed E-state index contributed by atoms with van der Waals surface area (Å²) in [7, 11) is -2.83. The fraction of sp³-hybridized carbons (Fsp3) is 0.632. The molecule has 2 nitrogen and oxygen atoms in total. The van der Waals surface area contributed by atoms with Crippen molar-refractivity contribution in [2.45, 2.75) is 50.6 Å². The highest BCUT2D eigenvalue weighted by Crippen LogP contribution is 2.44. The monoisotopic (exact) mass is 365 g/mol. The van der Waals surface area contributed by atoms with Crippen LogP contribution in [0.4, 0.5) is 4.11 Å². The number of hydrogen-bond acceptors (Lipinski definition) is 2. The Kier molecular flexibility index (Phi) is 5.83. The molecule has 0 atom stereocenters. The van der Waals surface area contributed by atoms with Crippen LogP contribution >= 0.6 is 11.1 Å². The zero-order chi connectivity index (χ0) is 17.0. The number of hydrogen-bond donors (Lipinski definition) is 0. The highest BCUT2D eigenvalue weighted by Gasteiger charge is 2.40. The molecule has 0 unspecified atom stereocenters. The van der Waals surface area contributed by atoms with Gasteiger partial charge >= 0.3 is 7.72 Å². The molecular weight excluding hydrogens is 341 g/mol. The summed E-state index contributed by atoms with van der Waals surface area (Å²) < 4.78 is 19.7. The molecule has 2 aliphatic rings. The number of rotatable bonds is 4. The summed E-state index contributed by atoms with van der Waals surface area (Å²) in [4.78, 5) is 0. The van der Waals surface area contributed by atoms with E-state index in [4.69, 9.17) is 21.1 Å². The summed E-state index contributed by atoms with van der Waals surface area (Å²) in [5, 5.41) is 8.81. The van der Waals surface area contributed by atoms with Crippen molar-refractivity contribution < 1.29 is 8.84 Å². The van der Waals surface area contributed by atoms with Gasteiger partial charge in [0.05, 0.1) is 18.2 Å². The Hall–Kier alpha value is -1.05. The quantitative estimate of drug-likeness (QED) is 0.498. The van der Waals surface area contributed by atoms with E-state index in [2.05, 4.69) is 6.07 Å². The first-order valence-electron chi connectivity index (χ1n) is 9.06. The van der Waals surface area contributed by atoms with Crippen molar-refractivity contribution in [2.75, 3.05) is 6.61 Å². The molecule has 1 heterocycles. The largest absolute Gasteiger partial charge is 0.493 e. The van der Waals surface area contributed by atoms with Gasteiger partial charge in [0, 0.05) is 0 Å². The third kappa shape index (κ3) is 4.74. The van der Waals surface area contributed by atoms with E-state index >= 15 is 0 Å². The van der Waals surface area contributed by atoms with Crippen LogP contribution in [0.1, 0.15) is 44.1 Å². The van der Waals surface area contributed by atoms with Crippen LogP contribution in [0.15, 0.2) is 24.3 Å². The van der Waals surface area contributed by atoms with Gasteiger partial charge < -0.3 is 4.74 Å². The predicted molar refractivity (Wildman–Crippen MR) is 97.2 cm³/mol. The Morgan fingerprint density at radius 3 is 2.21 bits per heavy atom. The van der Waals surface area contributed by atoms with Gasteiger partial charge in [-0.05, 0) is 92.6 Å². The summed E-state index contributed by atoms with van der Waals surface area (Å²) >= 11 is 5.96. The first kappa shape index (κ1) is 17.8. The normalized spacial score (nSPS) is 33.6. The third-order valence-corrected chi connectivity index (χ3v) is 8.96. The summed E-state index contributed by atoms with van der Waals surface area (Å²) in [5.41, 5.74) is 0.660. The molecule has 24 heavy (non-hydrogen) atoms. The number of nitrogens with zero attached hydrogens (tertiary/aromatic N) is 1. The number of halogens is 2. The zero-order valence-corrected chi connectivity index (χ0v) is 15.8. The molecular formula is C19H25ClFNOSi. The molecule has 1 aromatic carbocycles. The Bertz CT molecular complexity index is 568. The molecule has 130 valence electrons. The van der Waals surface area contributed by atoms with E-state index in [9.17, 15) is 4.11 Å². The second-order valence-corrected chi connectivity index (χ2v) is 12.2. The minimum Gasteiger partial charge on any atom is -0.493 e. The van der Waals surface area contributed by atoms with Crippen LogP contribution in [0, 0.1) is 29.1 Å². The van der Waals surface area contributed by atoms with Crippen molar-refractivity contribution in [3.05, 3.63) is 29.8 Å². The standard InChI is InChI=1S/C19H25ClFNOSi/c20-24(21)11-9-18(10-12-24)17-5-1-16(2-6-17)14-23-19-7-3-15(13-22)4-8-19/h3-4,7-8,16-18H,1-2,5-6,9-12,14H2/t16-,17-,18?,24?. The number of ether oxygens (including phenoxy) is 1. The molecule has 3 rings (SSSR count). The lowest BCUT2D eigenvalue weighted by Gasteiger charge is -2.37. The molecule has 0 amide bonds. The van der Waals surface area contributed by atoms with E-state index in [0.717, 1.165) is 31.1 Å². The van der Waals surface area contributed by atoms with Gasteiger partial charge in [0.1, 0.15) is 5.75 Å². The third-order valence-electron chi connectivity index (χ3n) is 5.79. The molecule has 1 aromatic rings. The average Bonchev–Trinajstić information content (AvgIpc) is 2.61. The lowest BCUT2D eigenvalue weighted by atomic mass is 9.74. The molecule has 1 saturated heterocycles. The summed E-state index contributed by atoms with van der Waals surface area (Å²) in [6.45, 7) is 0.755. The van der Waals surface area contributed by atoms with Gasteiger partial charge in [-0.15, -0.1) is 11.1 Å². The molecule has 0 N–H and O–H groups in total.